The third-order valence-electron chi connectivity index (χ3n) is 2.89. The summed E-state index contributed by atoms with van der Waals surface area (Å²) >= 11 is 0. The predicted octanol–water partition coefficient (Wildman–Crippen LogP) is 0.122. The first-order valence-corrected chi connectivity index (χ1v) is 5.49. The van der Waals surface area contributed by atoms with E-state index in [2.05, 4.69) is 15.5 Å². The average Bonchev–Trinajstić information content (AvgIpc) is 2.84. The first-order valence-electron chi connectivity index (χ1n) is 5.49. The summed E-state index contributed by atoms with van der Waals surface area (Å²) < 4.78 is 4.90. The molecule has 0 saturated heterocycles. The van der Waals surface area contributed by atoms with Gasteiger partial charge in [-0.3, -0.25) is 4.79 Å². The zero-order valence-electron chi connectivity index (χ0n) is 9.27. The van der Waals surface area contributed by atoms with Crippen molar-refractivity contribution in [3.05, 3.63) is 11.7 Å². The maximum Gasteiger partial charge on any atom is 0.246 e. The summed E-state index contributed by atoms with van der Waals surface area (Å²) in [6.07, 6.45) is 2.83. The van der Waals surface area contributed by atoms with Gasteiger partial charge in [0, 0.05) is 6.04 Å². The van der Waals surface area contributed by atoms with Gasteiger partial charge in [-0.2, -0.15) is 4.98 Å². The van der Waals surface area contributed by atoms with Crippen LogP contribution in [0.4, 0.5) is 0 Å². The summed E-state index contributed by atoms with van der Waals surface area (Å²) in [5.74, 6) is 0.920. The van der Waals surface area contributed by atoms with E-state index < -0.39 is 0 Å². The van der Waals surface area contributed by atoms with Crippen LogP contribution in [0, 0.1) is 12.8 Å². The molecule has 16 heavy (non-hydrogen) atoms. The summed E-state index contributed by atoms with van der Waals surface area (Å²) in [7, 11) is 0. The summed E-state index contributed by atoms with van der Waals surface area (Å²) in [5, 5.41) is 6.41. The molecule has 3 N–H and O–H groups in total. The number of nitrogens with two attached hydrogens (primary N) is 1. The van der Waals surface area contributed by atoms with Crippen molar-refractivity contribution in [1.82, 2.24) is 15.5 Å². The van der Waals surface area contributed by atoms with E-state index in [9.17, 15) is 4.79 Å². The molecule has 0 radical (unpaired) electrons. The van der Waals surface area contributed by atoms with Gasteiger partial charge in [0.05, 0.1) is 12.5 Å². The molecule has 2 atom stereocenters. The highest BCUT2D eigenvalue weighted by molar-refractivity contribution is 5.79. The first kappa shape index (κ1) is 11.1. The Hall–Kier alpha value is -1.43. The summed E-state index contributed by atoms with van der Waals surface area (Å²) in [6.45, 7) is 2.02. The maximum atomic E-state index is 11.8. The summed E-state index contributed by atoms with van der Waals surface area (Å²) in [4.78, 5) is 15.8. The Morgan fingerprint density at radius 3 is 3.00 bits per heavy atom. The van der Waals surface area contributed by atoms with Gasteiger partial charge in [0.2, 0.25) is 11.8 Å². The topological polar surface area (TPSA) is 94.0 Å². The van der Waals surface area contributed by atoms with Gasteiger partial charge in [0.1, 0.15) is 0 Å². The minimum absolute atomic E-state index is 0.00980. The molecule has 1 saturated carbocycles. The Morgan fingerprint density at radius 1 is 1.62 bits per heavy atom. The third-order valence-corrected chi connectivity index (χ3v) is 2.89. The summed E-state index contributed by atoms with van der Waals surface area (Å²) in [6, 6.07) is -0.00980. The first-order chi connectivity index (χ1) is 7.66. The van der Waals surface area contributed by atoms with Gasteiger partial charge in [0.15, 0.2) is 5.82 Å². The molecule has 0 aliphatic heterocycles. The molecule has 6 heteroatoms. The van der Waals surface area contributed by atoms with Crippen molar-refractivity contribution in [3.8, 4) is 0 Å². The lowest BCUT2D eigenvalue weighted by molar-refractivity contribution is -0.125. The van der Waals surface area contributed by atoms with Gasteiger partial charge in [-0.15, -0.1) is 0 Å². The molecule has 88 valence electrons. The highest BCUT2D eigenvalue weighted by Crippen LogP contribution is 2.23. The molecular weight excluding hydrogens is 208 g/mol. The second-order valence-electron chi connectivity index (χ2n) is 4.15. The molecule has 1 aromatic heterocycles. The second-order valence-corrected chi connectivity index (χ2v) is 4.15. The van der Waals surface area contributed by atoms with Crippen LogP contribution in [0.1, 0.15) is 31.0 Å². The van der Waals surface area contributed by atoms with E-state index in [-0.39, 0.29) is 24.4 Å². The quantitative estimate of drug-likeness (QED) is 0.760. The van der Waals surface area contributed by atoms with Gasteiger partial charge < -0.3 is 15.6 Å². The molecule has 2 unspecified atom stereocenters. The fourth-order valence-electron chi connectivity index (χ4n) is 2.02. The lowest BCUT2D eigenvalue weighted by atomic mass is 10.0. The molecule has 0 bridgehead atoms. The number of carbonyl (C=O) groups excluding carboxylic acids is 1. The fraction of sp³-hybridized carbons (Fsp3) is 0.700. The third kappa shape index (κ3) is 2.38. The zero-order chi connectivity index (χ0) is 11.5. The number of hydrogen-bond acceptors (Lipinski definition) is 5. The molecule has 6 nitrogen and oxygen atoms in total. The van der Waals surface area contributed by atoms with E-state index in [1.165, 1.54) is 0 Å². The largest absolute Gasteiger partial charge is 0.347 e. The monoisotopic (exact) mass is 224 g/mol. The lowest BCUT2D eigenvalue weighted by Gasteiger charge is -2.13. The number of rotatable bonds is 3. The number of nitrogens with one attached hydrogen (secondary N) is 1. The van der Waals surface area contributed by atoms with Crippen molar-refractivity contribution in [2.24, 2.45) is 11.7 Å². The van der Waals surface area contributed by atoms with E-state index in [1.807, 2.05) is 0 Å². The van der Waals surface area contributed by atoms with E-state index in [0.717, 1.165) is 19.3 Å². The summed E-state index contributed by atoms with van der Waals surface area (Å²) in [5.41, 5.74) is 5.84. The molecular formula is C10H16N4O2. The Kier molecular flexibility index (Phi) is 3.19. The van der Waals surface area contributed by atoms with Gasteiger partial charge in [-0.05, 0) is 19.8 Å². The molecule has 1 fully saturated rings. The highest BCUT2D eigenvalue weighted by Gasteiger charge is 2.30. The van der Waals surface area contributed by atoms with Crippen LogP contribution >= 0.6 is 0 Å². The maximum absolute atomic E-state index is 11.8. The lowest BCUT2D eigenvalue weighted by Crippen LogP contribution is -2.38. The number of amides is 1. The molecule has 1 heterocycles. The van der Waals surface area contributed by atoms with Crippen molar-refractivity contribution in [2.75, 3.05) is 0 Å². The van der Waals surface area contributed by atoms with Crippen molar-refractivity contribution >= 4 is 5.91 Å². The Balaban J connectivity index is 1.83. The van der Waals surface area contributed by atoms with Gasteiger partial charge in [0.25, 0.3) is 0 Å². The van der Waals surface area contributed by atoms with E-state index in [1.54, 1.807) is 6.92 Å². The van der Waals surface area contributed by atoms with Crippen molar-refractivity contribution < 1.29 is 9.32 Å². The molecule has 1 amide bonds. The predicted molar refractivity (Wildman–Crippen MR) is 56.2 cm³/mol. The SMILES string of the molecule is Cc1noc(CNC(=O)C2CCCC2N)n1. The average molecular weight is 224 g/mol. The molecule has 1 aliphatic carbocycles. The van der Waals surface area contributed by atoms with Crippen LogP contribution in [-0.2, 0) is 11.3 Å². The fourth-order valence-corrected chi connectivity index (χ4v) is 2.02. The normalized spacial score (nSPS) is 24.6. The number of carbonyl (C=O) groups is 1. The number of hydrogen-bond donors (Lipinski definition) is 2. The van der Waals surface area contributed by atoms with Crippen molar-refractivity contribution in [1.29, 1.82) is 0 Å². The second kappa shape index (κ2) is 4.61. The van der Waals surface area contributed by atoms with E-state index in [4.69, 9.17) is 10.3 Å². The van der Waals surface area contributed by atoms with Gasteiger partial charge in [-0.1, -0.05) is 11.6 Å². The van der Waals surface area contributed by atoms with E-state index >= 15 is 0 Å². The standard InChI is InChI=1S/C10H16N4O2/c1-6-13-9(16-14-6)5-12-10(15)7-3-2-4-8(7)11/h7-8H,2-5,11H2,1H3,(H,12,15). The van der Waals surface area contributed by atoms with Crippen molar-refractivity contribution in [3.63, 3.8) is 0 Å². The number of nitrogens with zero attached hydrogens (tertiary/aromatic N) is 2. The zero-order valence-corrected chi connectivity index (χ0v) is 9.27. The number of aryl methyl sites for hydroxylation is 1. The van der Waals surface area contributed by atoms with Gasteiger partial charge >= 0.3 is 0 Å². The Bertz CT molecular complexity index is 377. The smallest absolute Gasteiger partial charge is 0.246 e. The molecule has 1 aromatic rings. The minimum Gasteiger partial charge on any atom is -0.347 e. The highest BCUT2D eigenvalue weighted by atomic mass is 16.5. The van der Waals surface area contributed by atoms with Crippen LogP contribution in [0.25, 0.3) is 0 Å². The minimum atomic E-state index is -0.0657. The van der Waals surface area contributed by atoms with Crippen LogP contribution in [0.5, 0.6) is 0 Å². The van der Waals surface area contributed by atoms with Gasteiger partial charge in [-0.25, -0.2) is 0 Å². The molecule has 1 aliphatic rings. The van der Waals surface area contributed by atoms with Crippen LogP contribution in [0.15, 0.2) is 4.52 Å². The van der Waals surface area contributed by atoms with Crippen LogP contribution < -0.4 is 11.1 Å². The number of aromatic nitrogens is 2. The molecule has 0 spiro atoms. The van der Waals surface area contributed by atoms with E-state index in [0.29, 0.717) is 11.7 Å². The Labute approximate surface area is 93.6 Å². The van der Waals surface area contributed by atoms with Crippen LogP contribution in [0.3, 0.4) is 0 Å². The van der Waals surface area contributed by atoms with Crippen LogP contribution in [-0.4, -0.2) is 22.1 Å². The van der Waals surface area contributed by atoms with Crippen LogP contribution in [0.2, 0.25) is 0 Å². The van der Waals surface area contributed by atoms with Crippen molar-refractivity contribution in [2.45, 2.75) is 38.8 Å². The molecule has 2 rings (SSSR count). The Morgan fingerprint density at radius 2 is 2.44 bits per heavy atom. The molecule has 0 aromatic carbocycles.